The van der Waals surface area contributed by atoms with Crippen LogP contribution in [0.3, 0.4) is 0 Å². The van der Waals surface area contributed by atoms with Gasteiger partial charge >= 0.3 is 0 Å². The van der Waals surface area contributed by atoms with Gasteiger partial charge in [-0.1, -0.05) is 30.4 Å². The van der Waals surface area contributed by atoms with Gasteiger partial charge in [0, 0.05) is 24.5 Å². The molecule has 0 unspecified atom stereocenters. The molecule has 0 aliphatic heterocycles. The fourth-order valence-corrected chi connectivity index (χ4v) is 2.12. The number of benzene rings is 1. The number of rotatable bonds is 5. The van der Waals surface area contributed by atoms with Crippen LogP contribution in [0.15, 0.2) is 48.1 Å². The van der Waals surface area contributed by atoms with Crippen LogP contribution in [-0.2, 0) is 4.79 Å². The van der Waals surface area contributed by atoms with E-state index >= 15 is 0 Å². The average Bonchev–Trinajstić information content (AvgIpc) is 2.90. The molecule has 0 aromatic heterocycles. The fourth-order valence-electron chi connectivity index (χ4n) is 2.12. The summed E-state index contributed by atoms with van der Waals surface area (Å²) in [4.78, 5) is 20.9. The van der Waals surface area contributed by atoms with Crippen LogP contribution >= 0.6 is 0 Å². The summed E-state index contributed by atoms with van der Waals surface area (Å²) in [5.74, 6) is 0.00190. The third-order valence-corrected chi connectivity index (χ3v) is 3.04. The average molecular weight is 243 g/mol. The number of non-ortho nitro benzene ring substituents is 1. The molecule has 0 spiro atoms. The summed E-state index contributed by atoms with van der Waals surface area (Å²) in [5.41, 5.74) is 2.11. The lowest BCUT2D eigenvalue weighted by Crippen LogP contribution is -2.02. The summed E-state index contributed by atoms with van der Waals surface area (Å²) in [6.07, 6.45) is 8.30. The number of carbonyl (C=O) groups is 1. The molecule has 0 amide bonds. The number of nitro benzene ring substituents is 1. The molecule has 0 N–H and O–H groups in total. The molecule has 1 aliphatic rings. The zero-order valence-corrected chi connectivity index (χ0v) is 9.78. The molecule has 1 atom stereocenters. The van der Waals surface area contributed by atoms with Gasteiger partial charge < -0.3 is 4.79 Å². The van der Waals surface area contributed by atoms with Crippen molar-refractivity contribution in [2.45, 2.75) is 18.8 Å². The Morgan fingerprint density at radius 2 is 2.06 bits per heavy atom. The number of nitrogens with zero attached hydrogens (tertiary/aromatic N) is 1. The molecular weight excluding hydrogens is 230 g/mol. The van der Waals surface area contributed by atoms with Gasteiger partial charge in [0.2, 0.25) is 0 Å². The number of aldehydes is 1. The third-order valence-electron chi connectivity index (χ3n) is 3.04. The van der Waals surface area contributed by atoms with Crippen molar-refractivity contribution in [1.82, 2.24) is 0 Å². The molecule has 0 radical (unpaired) electrons. The van der Waals surface area contributed by atoms with Crippen molar-refractivity contribution in [3.05, 3.63) is 63.7 Å². The van der Waals surface area contributed by atoms with Gasteiger partial charge in [0.05, 0.1) is 4.92 Å². The van der Waals surface area contributed by atoms with Gasteiger partial charge in [0.25, 0.3) is 5.69 Å². The van der Waals surface area contributed by atoms with Crippen LogP contribution in [0.25, 0.3) is 0 Å². The van der Waals surface area contributed by atoms with E-state index in [-0.39, 0.29) is 11.6 Å². The van der Waals surface area contributed by atoms with Crippen LogP contribution in [0.5, 0.6) is 0 Å². The maximum Gasteiger partial charge on any atom is 0.269 e. The van der Waals surface area contributed by atoms with Crippen molar-refractivity contribution in [2.75, 3.05) is 0 Å². The largest absolute Gasteiger partial charge is 0.303 e. The summed E-state index contributed by atoms with van der Waals surface area (Å²) in [6, 6.07) is 6.40. The second-order valence-corrected chi connectivity index (χ2v) is 4.15. The number of hydrogen-bond acceptors (Lipinski definition) is 3. The smallest absolute Gasteiger partial charge is 0.269 e. The molecule has 1 aliphatic carbocycles. The van der Waals surface area contributed by atoms with E-state index in [2.05, 4.69) is 6.08 Å². The predicted octanol–water partition coefficient (Wildman–Crippen LogP) is 3.15. The standard InChI is InChI=1S/C14H13NO3/c16-10-9-14(11-3-1-2-4-11)12-5-7-13(8-6-12)15(17)18/h1,3-8,10,14H,2,9H2/t14-/m1/s1. The number of hydrogen-bond donors (Lipinski definition) is 0. The summed E-state index contributed by atoms with van der Waals surface area (Å²) in [5, 5.41) is 10.6. The molecule has 4 nitrogen and oxygen atoms in total. The van der Waals surface area contributed by atoms with E-state index in [9.17, 15) is 14.9 Å². The van der Waals surface area contributed by atoms with E-state index in [1.807, 2.05) is 12.2 Å². The quantitative estimate of drug-likeness (QED) is 0.453. The zero-order chi connectivity index (χ0) is 13.0. The minimum Gasteiger partial charge on any atom is -0.303 e. The second kappa shape index (κ2) is 5.40. The normalized spacial score (nSPS) is 15.2. The Labute approximate surface area is 105 Å². The first kappa shape index (κ1) is 12.2. The Hall–Kier alpha value is -2.23. The summed E-state index contributed by atoms with van der Waals surface area (Å²) >= 11 is 0. The minimum absolute atomic E-state index is 0.00190. The van der Waals surface area contributed by atoms with Gasteiger partial charge in [0.15, 0.2) is 0 Å². The predicted molar refractivity (Wildman–Crippen MR) is 68.4 cm³/mol. The van der Waals surface area contributed by atoms with Crippen molar-refractivity contribution in [3.8, 4) is 0 Å². The third kappa shape index (κ3) is 2.53. The van der Waals surface area contributed by atoms with Gasteiger partial charge in [-0.15, -0.1) is 0 Å². The highest BCUT2D eigenvalue weighted by Crippen LogP contribution is 2.31. The van der Waals surface area contributed by atoms with Gasteiger partial charge in [0.1, 0.15) is 6.29 Å². The zero-order valence-electron chi connectivity index (χ0n) is 9.78. The Kier molecular flexibility index (Phi) is 3.67. The molecule has 4 heteroatoms. The molecule has 0 fully saturated rings. The highest BCUT2D eigenvalue weighted by molar-refractivity contribution is 5.55. The van der Waals surface area contributed by atoms with Crippen molar-refractivity contribution in [2.24, 2.45) is 0 Å². The molecule has 1 aromatic carbocycles. The molecule has 0 bridgehead atoms. The molecule has 2 rings (SSSR count). The van der Waals surface area contributed by atoms with Crippen LogP contribution in [-0.4, -0.2) is 11.2 Å². The molecule has 0 heterocycles. The first-order chi connectivity index (χ1) is 8.72. The van der Waals surface area contributed by atoms with Crippen molar-refractivity contribution in [3.63, 3.8) is 0 Å². The van der Waals surface area contributed by atoms with Gasteiger partial charge in [-0.3, -0.25) is 10.1 Å². The molecule has 0 saturated carbocycles. The van der Waals surface area contributed by atoms with E-state index in [1.54, 1.807) is 12.1 Å². The van der Waals surface area contributed by atoms with Crippen LogP contribution in [0.4, 0.5) is 5.69 Å². The Balaban J connectivity index is 2.28. The van der Waals surface area contributed by atoms with Gasteiger partial charge in [-0.2, -0.15) is 0 Å². The van der Waals surface area contributed by atoms with Crippen LogP contribution in [0, 0.1) is 10.1 Å². The lowest BCUT2D eigenvalue weighted by atomic mass is 9.89. The Morgan fingerprint density at radius 1 is 1.33 bits per heavy atom. The van der Waals surface area contributed by atoms with Gasteiger partial charge in [-0.05, 0) is 17.6 Å². The van der Waals surface area contributed by atoms with Crippen LogP contribution in [0.1, 0.15) is 24.3 Å². The Morgan fingerprint density at radius 3 is 2.56 bits per heavy atom. The fraction of sp³-hybridized carbons (Fsp3) is 0.214. The first-order valence-electron chi connectivity index (χ1n) is 5.77. The van der Waals surface area contributed by atoms with Gasteiger partial charge in [-0.25, -0.2) is 0 Å². The van der Waals surface area contributed by atoms with Crippen LogP contribution < -0.4 is 0 Å². The molecule has 92 valence electrons. The highest BCUT2D eigenvalue weighted by Gasteiger charge is 2.17. The number of carbonyl (C=O) groups excluding carboxylic acids is 1. The van der Waals surface area contributed by atoms with E-state index in [4.69, 9.17) is 0 Å². The molecule has 0 saturated heterocycles. The first-order valence-corrected chi connectivity index (χ1v) is 5.77. The van der Waals surface area contributed by atoms with Crippen molar-refractivity contribution >= 4 is 12.0 Å². The number of allylic oxidation sites excluding steroid dienone is 4. The van der Waals surface area contributed by atoms with Crippen molar-refractivity contribution in [1.29, 1.82) is 0 Å². The maximum atomic E-state index is 10.8. The lowest BCUT2D eigenvalue weighted by molar-refractivity contribution is -0.384. The maximum absolute atomic E-state index is 10.8. The second-order valence-electron chi connectivity index (χ2n) is 4.15. The van der Waals surface area contributed by atoms with E-state index in [0.717, 1.165) is 23.8 Å². The molecular formula is C14H13NO3. The van der Waals surface area contributed by atoms with E-state index in [1.165, 1.54) is 12.1 Å². The molecule has 1 aromatic rings. The minimum atomic E-state index is -0.423. The monoisotopic (exact) mass is 243 g/mol. The van der Waals surface area contributed by atoms with Crippen LogP contribution in [0.2, 0.25) is 0 Å². The van der Waals surface area contributed by atoms with E-state index in [0.29, 0.717) is 6.42 Å². The molecule has 18 heavy (non-hydrogen) atoms. The summed E-state index contributed by atoms with van der Waals surface area (Å²) in [7, 11) is 0. The summed E-state index contributed by atoms with van der Waals surface area (Å²) in [6.45, 7) is 0. The van der Waals surface area contributed by atoms with E-state index < -0.39 is 4.92 Å². The number of nitro groups is 1. The highest BCUT2D eigenvalue weighted by atomic mass is 16.6. The topological polar surface area (TPSA) is 60.2 Å². The SMILES string of the molecule is O=CC[C@H](C1=CCC=C1)c1ccc([N+](=O)[O-])cc1. The van der Waals surface area contributed by atoms with Crippen molar-refractivity contribution < 1.29 is 9.72 Å². The summed E-state index contributed by atoms with van der Waals surface area (Å²) < 4.78 is 0. The Bertz CT molecular complexity index is 514. The lowest BCUT2D eigenvalue weighted by Gasteiger charge is -2.14.